The Morgan fingerprint density at radius 2 is 1.63 bits per heavy atom. The number of carbonyl (C=O) groups excluding carboxylic acids is 1. The van der Waals surface area contributed by atoms with Crippen LogP contribution in [0.5, 0.6) is 0 Å². The summed E-state index contributed by atoms with van der Waals surface area (Å²) in [5.74, 6) is 0.0129. The summed E-state index contributed by atoms with van der Waals surface area (Å²) >= 11 is 0. The van der Waals surface area contributed by atoms with E-state index in [1.807, 2.05) is 30.3 Å². The van der Waals surface area contributed by atoms with Gasteiger partial charge in [-0.3, -0.25) is 9.10 Å². The number of amides is 1. The average molecular weight is 426 g/mol. The molecule has 2 aromatic carbocycles. The molecule has 2 heterocycles. The summed E-state index contributed by atoms with van der Waals surface area (Å²) in [7, 11) is -3.18. The Bertz CT molecular complexity index is 1030. The molecule has 2 fully saturated rings. The fourth-order valence-electron chi connectivity index (χ4n) is 4.02. The summed E-state index contributed by atoms with van der Waals surface area (Å²) in [6, 6.07) is 15.1. The van der Waals surface area contributed by atoms with Crippen molar-refractivity contribution in [2.24, 2.45) is 0 Å². The Morgan fingerprint density at radius 3 is 2.33 bits per heavy atom. The van der Waals surface area contributed by atoms with Gasteiger partial charge in [0.2, 0.25) is 15.9 Å². The van der Waals surface area contributed by atoms with E-state index >= 15 is 0 Å². The summed E-state index contributed by atoms with van der Waals surface area (Å²) in [6.45, 7) is 2.56. The number of para-hydroxylation sites is 2. The molecular weight excluding hydrogens is 398 g/mol. The lowest BCUT2D eigenvalue weighted by atomic mass is 10.1. The molecule has 1 N–H and O–H groups in total. The zero-order valence-corrected chi connectivity index (χ0v) is 17.8. The van der Waals surface area contributed by atoms with E-state index in [1.54, 1.807) is 18.2 Å². The molecule has 4 rings (SSSR count). The summed E-state index contributed by atoms with van der Waals surface area (Å²) in [5.41, 5.74) is 3.40. The van der Waals surface area contributed by atoms with Gasteiger partial charge in [0.1, 0.15) is 0 Å². The number of piperidine rings is 1. The highest BCUT2D eigenvalue weighted by Gasteiger charge is 2.28. The van der Waals surface area contributed by atoms with Gasteiger partial charge in [-0.15, -0.1) is 0 Å². The van der Waals surface area contributed by atoms with E-state index in [1.165, 1.54) is 29.6 Å². The van der Waals surface area contributed by atoms with E-state index in [9.17, 15) is 13.2 Å². The first-order valence-corrected chi connectivity index (χ1v) is 12.1. The van der Waals surface area contributed by atoms with Crippen molar-refractivity contribution >= 4 is 39.1 Å². The van der Waals surface area contributed by atoms with Crippen LogP contribution in [0.25, 0.3) is 6.08 Å². The van der Waals surface area contributed by atoms with Crippen LogP contribution < -0.4 is 14.5 Å². The van der Waals surface area contributed by atoms with Crippen LogP contribution in [0.3, 0.4) is 0 Å². The van der Waals surface area contributed by atoms with Crippen LogP contribution in [0, 0.1) is 0 Å². The van der Waals surface area contributed by atoms with Gasteiger partial charge < -0.3 is 10.2 Å². The molecule has 0 aliphatic carbocycles. The molecular formula is C23H27N3O3S. The van der Waals surface area contributed by atoms with Crippen molar-refractivity contribution in [1.29, 1.82) is 0 Å². The molecule has 2 aliphatic heterocycles. The molecule has 0 spiro atoms. The predicted molar refractivity (Wildman–Crippen MR) is 122 cm³/mol. The van der Waals surface area contributed by atoms with Gasteiger partial charge in [0.15, 0.2) is 0 Å². The van der Waals surface area contributed by atoms with Gasteiger partial charge >= 0.3 is 0 Å². The third-order valence-electron chi connectivity index (χ3n) is 5.57. The minimum Gasteiger partial charge on any atom is -0.370 e. The van der Waals surface area contributed by atoms with E-state index in [-0.39, 0.29) is 11.7 Å². The van der Waals surface area contributed by atoms with Crippen molar-refractivity contribution in [2.75, 3.05) is 39.9 Å². The highest BCUT2D eigenvalue weighted by Crippen LogP contribution is 2.28. The number of nitrogens with one attached hydrogen (secondary N) is 1. The number of benzene rings is 2. The standard InChI is InChI=1S/C23H27N3O3S/c27-23(24-21-7-2-3-8-22(21)25-15-4-1-5-16-25)14-11-19-9-12-20(13-10-19)26-17-6-18-30(26,28)29/h2-3,7-14H,1,4-6,15-18H2,(H,24,27)/b14-11+. The number of rotatable bonds is 5. The molecule has 0 unspecified atom stereocenters. The van der Waals surface area contributed by atoms with E-state index in [0.29, 0.717) is 18.7 Å². The Morgan fingerprint density at radius 1 is 0.900 bits per heavy atom. The molecule has 7 heteroatoms. The maximum Gasteiger partial charge on any atom is 0.248 e. The number of sulfonamides is 1. The summed E-state index contributed by atoms with van der Waals surface area (Å²) in [5, 5.41) is 2.99. The predicted octanol–water partition coefficient (Wildman–Crippen LogP) is 3.87. The third kappa shape index (κ3) is 4.67. The van der Waals surface area contributed by atoms with Gasteiger partial charge in [0.05, 0.1) is 22.8 Å². The van der Waals surface area contributed by atoms with Crippen molar-refractivity contribution in [2.45, 2.75) is 25.7 Å². The highest BCUT2D eigenvalue weighted by molar-refractivity contribution is 7.93. The minimum absolute atomic E-state index is 0.189. The van der Waals surface area contributed by atoms with Crippen LogP contribution in [-0.2, 0) is 14.8 Å². The Balaban J connectivity index is 1.41. The van der Waals surface area contributed by atoms with Crippen LogP contribution >= 0.6 is 0 Å². The fourth-order valence-corrected chi connectivity index (χ4v) is 5.58. The molecule has 0 saturated carbocycles. The number of hydrogen-bond donors (Lipinski definition) is 1. The first kappa shape index (κ1) is 20.5. The molecule has 2 saturated heterocycles. The first-order chi connectivity index (χ1) is 14.5. The van der Waals surface area contributed by atoms with Crippen molar-refractivity contribution in [3.8, 4) is 0 Å². The molecule has 0 aromatic heterocycles. The van der Waals surface area contributed by atoms with E-state index in [4.69, 9.17) is 0 Å². The number of nitrogens with zero attached hydrogens (tertiary/aromatic N) is 2. The number of hydrogen-bond acceptors (Lipinski definition) is 4. The van der Waals surface area contributed by atoms with Gasteiger partial charge in [0, 0.05) is 25.7 Å². The van der Waals surface area contributed by atoms with Crippen LogP contribution in [0.15, 0.2) is 54.6 Å². The Kier molecular flexibility index (Phi) is 6.08. The number of carbonyl (C=O) groups is 1. The second kappa shape index (κ2) is 8.92. The van der Waals surface area contributed by atoms with Crippen molar-refractivity contribution in [1.82, 2.24) is 0 Å². The maximum absolute atomic E-state index is 12.5. The van der Waals surface area contributed by atoms with Gasteiger partial charge in [-0.05, 0) is 61.6 Å². The van der Waals surface area contributed by atoms with Crippen molar-refractivity contribution in [3.05, 3.63) is 60.2 Å². The topological polar surface area (TPSA) is 69.7 Å². The molecule has 0 radical (unpaired) electrons. The monoisotopic (exact) mass is 425 g/mol. The van der Waals surface area contributed by atoms with Gasteiger partial charge in [0.25, 0.3) is 0 Å². The van der Waals surface area contributed by atoms with Crippen LogP contribution in [0.4, 0.5) is 17.1 Å². The molecule has 2 aliphatic rings. The summed E-state index contributed by atoms with van der Waals surface area (Å²) in [6.07, 6.45) is 7.52. The molecule has 6 nitrogen and oxygen atoms in total. The lowest BCUT2D eigenvalue weighted by Crippen LogP contribution is -2.30. The largest absolute Gasteiger partial charge is 0.370 e. The quantitative estimate of drug-likeness (QED) is 0.739. The smallest absolute Gasteiger partial charge is 0.248 e. The fraction of sp³-hybridized carbons (Fsp3) is 0.348. The molecule has 0 bridgehead atoms. The molecule has 30 heavy (non-hydrogen) atoms. The Hall–Kier alpha value is -2.80. The SMILES string of the molecule is O=C(/C=C/c1ccc(N2CCCS2(=O)=O)cc1)Nc1ccccc1N1CCCCC1. The van der Waals surface area contributed by atoms with E-state index in [0.717, 1.165) is 30.0 Å². The van der Waals surface area contributed by atoms with Gasteiger partial charge in [-0.1, -0.05) is 24.3 Å². The zero-order valence-electron chi connectivity index (χ0n) is 17.0. The molecule has 0 atom stereocenters. The lowest BCUT2D eigenvalue weighted by Gasteiger charge is -2.30. The first-order valence-electron chi connectivity index (χ1n) is 10.5. The highest BCUT2D eigenvalue weighted by atomic mass is 32.2. The van der Waals surface area contributed by atoms with Crippen molar-refractivity contribution < 1.29 is 13.2 Å². The Labute approximate surface area is 178 Å². The molecule has 158 valence electrons. The van der Waals surface area contributed by atoms with E-state index < -0.39 is 10.0 Å². The molecule has 1 amide bonds. The van der Waals surface area contributed by atoms with Gasteiger partial charge in [-0.25, -0.2) is 8.42 Å². The second-order valence-electron chi connectivity index (χ2n) is 7.72. The third-order valence-corrected chi connectivity index (χ3v) is 7.44. The summed E-state index contributed by atoms with van der Waals surface area (Å²) in [4.78, 5) is 14.8. The van der Waals surface area contributed by atoms with Crippen LogP contribution in [-0.4, -0.2) is 39.7 Å². The lowest BCUT2D eigenvalue weighted by molar-refractivity contribution is -0.111. The minimum atomic E-state index is -3.18. The number of anilines is 3. The second-order valence-corrected chi connectivity index (χ2v) is 9.73. The zero-order chi connectivity index (χ0) is 21.0. The summed E-state index contributed by atoms with van der Waals surface area (Å²) < 4.78 is 25.5. The van der Waals surface area contributed by atoms with Crippen LogP contribution in [0.2, 0.25) is 0 Å². The van der Waals surface area contributed by atoms with Crippen molar-refractivity contribution in [3.63, 3.8) is 0 Å². The average Bonchev–Trinajstić information content (AvgIpc) is 3.12. The maximum atomic E-state index is 12.5. The van der Waals surface area contributed by atoms with Crippen LogP contribution in [0.1, 0.15) is 31.2 Å². The van der Waals surface area contributed by atoms with Gasteiger partial charge in [-0.2, -0.15) is 0 Å². The van der Waals surface area contributed by atoms with E-state index in [2.05, 4.69) is 16.3 Å². The molecule has 2 aromatic rings. The normalized spacial score (nSPS) is 18.7.